The Morgan fingerprint density at radius 3 is 2.91 bits per heavy atom. The van der Waals surface area contributed by atoms with E-state index < -0.39 is 0 Å². The van der Waals surface area contributed by atoms with Gasteiger partial charge in [-0.1, -0.05) is 0 Å². The minimum absolute atomic E-state index is 0.0833. The number of aromatic nitrogens is 2. The standard InChI is InChI=1S/C17H21N3O2S/c21-10-11-23-15-5-3-13(4-6-15)17(22)20-9-1-2-14(12-20)16-18-7-8-19-16/h3-8,14,21H,1-2,9-12H2,(H,18,19)/t14-/m1/s1. The number of carbonyl (C=O) groups is 1. The van der Waals surface area contributed by atoms with E-state index in [1.807, 2.05) is 35.4 Å². The van der Waals surface area contributed by atoms with Crippen LogP contribution in [-0.2, 0) is 0 Å². The average Bonchev–Trinajstić information content (AvgIpc) is 3.14. The zero-order valence-electron chi connectivity index (χ0n) is 12.9. The molecule has 0 saturated carbocycles. The number of amides is 1. The van der Waals surface area contributed by atoms with Gasteiger partial charge < -0.3 is 15.0 Å². The molecule has 0 radical (unpaired) electrons. The highest BCUT2D eigenvalue weighted by molar-refractivity contribution is 7.99. The molecule has 0 spiro atoms. The van der Waals surface area contributed by atoms with Crippen LogP contribution in [0.4, 0.5) is 0 Å². The Balaban J connectivity index is 1.65. The summed E-state index contributed by atoms with van der Waals surface area (Å²) in [4.78, 5) is 23.2. The maximum atomic E-state index is 12.7. The largest absolute Gasteiger partial charge is 0.396 e. The predicted octanol–water partition coefficient (Wildman–Crippen LogP) is 2.51. The van der Waals surface area contributed by atoms with Gasteiger partial charge in [0.15, 0.2) is 0 Å². The van der Waals surface area contributed by atoms with Crippen LogP contribution in [0.25, 0.3) is 0 Å². The highest BCUT2D eigenvalue weighted by Gasteiger charge is 2.26. The van der Waals surface area contributed by atoms with Gasteiger partial charge in [0.2, 0.25) is 0 Å². The van der Waals surface area contributed by atoms with Gasteiger partial charge in [0.1, 0.15) is 5.82 Å². The SMILES string of the molecule is O=C(c1ccc(SCCO)cc1)N1CCC[C@@H](c2ncc[nH]2)C1. The Morgan fingerprint density at radius 2 is 2.22 bits per heavy atom. The number of thioether (sulfide) groups is 1. The Bertz CT molecular complexity index is 628. The van der Waals surface area contributed by atoms with Crippen LogP contribution in [0.2, 0.25) is 0 Å². The minimum Gasteiger partial charge on any atom is -0.396 e. The molecule has 2 aromatic rings. The molecule has 0 bridgehead atoms. The van der Waals surface area contributed by atoms with Gasteiger partial charge in [0.25, 0.3) is 5.91 Å². The molecule has 1 aromatic carbocycles. The summed E-state index contributed by atoms with van der Waals surface area (Å²) >= 11 is 1.59. The van der Waals surface area contributed by atoms with Gasteiger partial charge in [0, 0.05) is 47.6 Å². The first kappa shape index (κ1) is 16.1. The highest BCUT2D eigenvalue weighted by atomic mass is 32.2. The van der Waals surface area contributed by atoms with Crippen LogP contribution in [0, 0.1) is 0 Å². The van der Waals surface area contributed by atoms with Crippen LogP contribution in [-0.4, -0.2) is 51.3 Å². The Morgan fingerprint density at radius 1 is 1.39 bits per heavy atom. The molecule has 1 saturated heterocycles. The second-order valence-corrected chi connectivity index (χ2v) is 6.83. The predicted molar refractivity (Wildman–Crippen MR) is 90.7 cm³/mol. The topological polar surface area (TPSA) is 69.2 Å². The van der Waals surface area contributed by atoms with Crippen LogP contribution < -0.4 is 0 Å². The molecule has 1 aromatic heterocycles. The maximum Gasteiger partial charge on any atom is 0.253 e. The van der Waals surface area contributed by atoms with Crippen molar-refractivity contribution in [3.8, 4) is 0 Å². The molecule has 1 amide bonds. The third kappa shape index (κ3) is 3.95. The molecule has 0 aliphatic carbocycles. The second kappa shape index (κ2) is 7.66. The van der Waals surface area contributed by atoms with Crippen molar-refractivity contribution in [1.29, 1.82) is 0 Å². The first-order valence-corrected chi connectivity index (χ1v) is 8.89. The lowest BCUT2D eigenvalue weighted by Crippen LogP contribution is -2.39. The van der Waals surface area contributed by atoms with Gasteiger partial charge in [-0.2, -0.15) is 0 Å². The Kier molecular flexibility index (Phi) is 5.35. The maximum absolute atomic E-state index is 12.7. The summed E-state index contributed by atoms with van der Waals surface area (Å²) in [7, 11) is 0. The summed E-state index contributed by atoms with van der Waals surface area (Å²) in [5.41, 5.74) is 0.721. The quantitative estimate of drug-likeness (QED) is 0.826. The number of aromatic amines is 1. The third-order valence-corrected chi connectivity index (χ3v) is 5.07. The molecule has 1 aliphatic rings. The lowest BCUT2D eigenvalue weighted by atomic mass is 9.96. The number of nitrogens with zero attached hydrogens (tertiary/aromatic N) is 2. The molecule has 6 heteroatoms. The number of piperidine rings is 1. The number of benzene rings is 1. The molecule has 1 atom stereocenters. The highest BCUT2D eigenvalue weighted by Crippen LogP contribution is 2.26. The zero-order valence-corrected chi connectivity index (χ0v) is 13.8. The van der Waals surface area contributed by atoms with E-state index in [1.165, 1.54) is 0 Å². The summed E-state index contributed by atoms with van der Waals surface area (Å²) in [6, 6.07) is 7.64. The fourth-order valence-electron chi connectivity index (χ4n) is 2.93. The van der Waals surface area contributed by atoms with Gasteiger partial charge in [-0.15, -0.1) is 11.8 Å². The number of hydrogen-bond donors (Lipinski definition) is 2. The number of rotatable bonds is 5. The van der Waals surface area contributed by atoms with Gasteiger partial charge in [0.05, 0.1) is 6.61 Å². The number of likely N-dealkylation sites (tertiary alicyclic amines) is 1. The number of nitrogens with one attached hydrogen (secondary N) is 1. The van der Waals surface area contributed by atoms with E-state index in [1.54, 1.807) is 18.0 Å². The van der Waals surface area contributed by atoms with Crippen LogP contribution in [0.3, 0.4) is 0 Å². The van der Waals surface area contributed by atoms with Crippen LogP contribution in [0.1, 0.15) is 34.9 Å². The van der Waals surface area contributed by atoms with E-state index in [4.69, 9.17) is 5.11 Å². The van der Waals surface area contributed by atoms with E-state index >= 15 is 0 Å². The molecular formula is C17H21N3O2S. The van der Waals surface area contributed by atoms with Gasteiger partial charge >= 0.3 is 0 Å². The molecule has 0 unspecified atom stereocenters. The number of carbonyl (C=O) groups excluding carboxylic acids is 1. The van der Waals surface area contributed by atoms with Crippen LogP contribution >= 0.6 is 11.8 Å². The molecule has 1 aliphatic heterocycles. The van der Waals surface area contributed by atoms with E-state index in [2.05, 4.69) is 9.97 Å². The van der Waals surface area contributed by atoms with Gasteiger partial charge in [-0.25, -0.2) is 4.98 Å². The lowest BCUT2D eigenvalue weighted by molar-refractivity contribution is 0.0704. The van der Waals surface area contributed by atoms with Crippen molar-refractivity contribution in [2.75, 3.05) is 25.4 Å². The summed E-state index contributed by atoms with van der Waals surface area (Å²) < 4.78 is 0. The molecule has 5 nitrogen and oxygen atoms in total. The fourth-order valence-corrected chi connectivity index (χ4v) is 3.58. The number of imidazole rings is 1. The van der Waals surface area contributed by atoms with Crippen molar-refractivity contribution in [3.05, 3.63) is 48.0 Å². The Labute approximate surface area is 140 Å². The normalized spacial score (nSPS) is 18.1. The fraction of sp³-hybridized carbons (Fsp3) is 0.412. The van der Waals surface area contributed by atoms with Gasteiger partial charge in [-0.3, -0.25) is 4.79 Å². The van der Waals surface area contributed by atoms with Crippen molar-refractivity contribution in [3.63, 3.8) is 0 Å². The summed E-state index contributed by atoms with van der Waals surface area (Å²) in [6.07, 6.45) is 5.66. The molecule has 3 rings (SSSR count). The van der Waals surface area contributed by atoms with E-state index in [0.29, 0.717) is 18.2 Å². The molecule has 2 N–H and O–H groups in total. The number of aliphatic hydroxyl groups excluding tert-OH is 1. The van der Waals surface area contributed by atoms with Crippen LogP contribution in [0.15, 0.2) is 41.6 Å². The van der Waals surface area contributed by atoms with Crippen molar-refractivity contribution < 1.29 is 9.90 Å². The Hall–Kier alpha value is -1.79. The van der Waals surface area contributed by atoms with Crippen molar-refractivity contribution in [1.82, 2.24) is 14.9 Å². The van der Waals surface area contributed by atoms with Gasteiger partial charge in [-0.05, 0) is 37.1 Å². The lowest BCUT2D eigenvalue weighted by Gasteiger charge is -2.32. The first-order chi connectivity index (χ1) is 11.3. The number of aliphatic hydroxyl groups is 1. The second-order valence-electron chi connectivity index (χ2n) is 5.66. The smallest absolute Gasteiger partial charge is 0.253 e. The van der Waals surface area contributed by atoms with Crippen LogP contribution in [0.5, 0.6) is 0 Å². The molecular weight excluding hydrogens is 310 g/mol. The number of hydrogen-bond acceptors (Lipinski definition) is 4. The van der Waals surface area contributed by atoms with Crippen molar-refractivity contribution >= 4 is 17.7 Å². The van der Waals surface area contributed by atoms with Crippen molar-refractivity contribution in [2.24, 2.45) is 0 Å². The molecule has 122 valence electrons. The molecule has 1 fully saturated rings. The van der Waals surface area contributed by atoms with Crippen molar-refractivity contribution in [2.45, 2.75) is 23.7 Å². The first-order valence-electron chi connectivity index (χ1n) is 7.90. The minimum atomic E-state index is 0.0833. The molecule has 2 heterocycles. The summed E-state index contributed by atoms with van der Waals surface area (Å²) in [5.74, 6) is 2.02. The average molecular weight is 331 g/mol. The monoisotopic (exact) mass is 331 g/mol. The third-order valence-electron chi connectivity index (χ3n) is 4.08. The van der Waals surface area contributed by atoms with E-state index in [9.17, 15) is 4.79 Å². The summed E-state index contributed by atoms with van der Waals surface area (Å²) in [6.45, 7) is 1.68. The molecule has 23 heavy (non-hydrogen) atoms. The van der Waals surface area contributed by atoms with E-state index in [0.717, 1.165) is 35.7 Å². The summed E-state index contributed by atoms with van der Waals surface area (Å²) in [5, 5.41) is 8.85. The van der Waals surface area contributed by atoms with E-state index in [-0.39, 0.29) is 12.5 Å². The number of H-pyrrole nitrogens is 1. The zero-order chi connectivity index (χ0) is 16.1.